The van der Waals surface area contributed by atoms with E-state index in [1.807, 2.05) is 0 Å². The molecule has 3 aromatic carbocycles. The monoisotopic (exact) mass is 414 g/mol. The molecule has 3 nitrogen and oxygen atoms in total. The second kappa shape index (κ2) is 6.91. The third-order valence-electron chi connectivity index (χ3n) is 4.78. The summed E-state index contributed by atoms with van der Waals surface area (Å²) in [6, 6.07) is 3.77. The fourth-order valence-electron chi connectivity index (χ4n) is 3.06. The Morgan fingerprint density at radius 3 is 0.828 bits per heavy atom. The molecule has 0 aliphatic carbocycles. The smallest absolute Gasteiger partial charge is 0.187 e. The molecule has 0 fully saturated rings. The summed E-state index contributed by atoms with van der Waals surface area (Å²) in [7, 11) is 0. The molecule has 0 radical (unpaired) electrons. The summed E-state index contributed by atoms with van der Waals surface area (Å²) >= 11 is 0. The SMILES string of the molecule is CC(c1cc(F)c(O)c(F)c1)(c1cc(F)c(O)c(F)c1)c1cc(F)c(O)c(F)c1. The number of benzene rings is 3. The second-order valence-corrected chi connectivity index (χ2v) is 6.49. The van der Waals surface area contributed by atoms with E-state index in [-0.39, 0.29) is 16.7 Å². The molecule has 0 atom stereocenters. The molecule has 0 aliphatic rings. The van der Waals surface area contributed by atoms with Gasteiger partial charge in [0.15, 0.2) is 52.2 Å². The van der Waals surface area contributed by atoms with Gasteiger partial charge in [-0.25, -0.2) is 26.3 Å². The van der Waals surface area contributed by atoms with Gasteiger partial charge in [0.1, 0.15) is 0 Å². The van der Waals surface area contributed by atoms with Crippen LogP contribution in [0.3, 0.4) is 0 Å². The topological polar surface area (TPSA) is 60.7 Å². The van der Waals surface area contributed by atoms with Gasteiger partial charge in [-0.2, -0.15) is 0 Å². The number of hydrogen-bond acceptors (Lipinski definition) is 3. The van der Waals surface area contributed by atoms with Gasteiger partial charge >= 0.3 is 0 Å². The van der Waals surface area contributed by atoms with Crippen molar-refractivity contribution in [1.82, 2.24) is 0 Å². The van der Waals surface area contributed by atoms with Gasteiger partial charge in [0.2, 0.25) is 0 Å². The number of halogens is 6. The van der Waals surface area contributed by atoms with Gasteiger partial charge in [0.05, 0.1) is 0 Å². The van der Waals surface area contributed by atoms with Crippen LogP contribution in [-0.4, -0.2) is 15.3 Å². The molecule has 3 aromatic rings. The first-order valence-corrected chi connectivity index (χ1v) is 8.02. The molecule has 3 N–H and O–H groups in total. The average Bonchev–Trinajstić information content (AvgIpc) is 2.66. The lowest BCUT2D eigenvalue weighted by Crippen LogP contribution is -2.27. The molecule has 3 rings (SSSR count). The van der Waals surface area contributed by atoms with Crippen LogP contribution < -0.4 is 0 Å². The Morgan fingerprint density at radius 2 is 0.655 bits per heavy atom. The summed E-state index contributed by atoms with van der Waals surface area (Å²) in [4.78, 5) is 0. The summed E-state index contributed by atoms with van der Waals surface area (Å²) in [5.41, 5.74) is -3.06. The van der Waals surface area contributed by atoms with E-state index < -0.39 is 57.6 Å². The number of phenolic OH excluding ortho intramolecular Hbond substituents is 3. The molecule has 29 heavy (non-hydrogen) atoms. The van der Waals surface area contributed by atoms with Crippen LogP contribution in [0.1, 0.15) is 23.6 Å². The van der Waals surface area contributed by atoms with Crippen molar-refractivity contribution < 1.29 is 41.7 Å². The Kier molecular flexibility index (Phi) is 4.86. The lowest BCUT2D eigenvalue weighted by molar-refractivity contribution is 0.389. The van der Waals surface area contributed by atoms with Gasteiger partial charge < -0.3 is 15.3 Å². The summed E-state index contributed by atoms with van der Waals surface area (Å²) in [5.74, 6) is -12.5. The van der Waals surface area contributed by atoms with Crippen LogP contribution in [0.2, 0.25) is 0 Å². The molecule has 152 valence electrons. The van der Waals surface area contributed by atoms with Crippen LogP contribution in [0, 0.1) is 34.9 Å². The van der Waals surface area contributed by atoms with Gasteiger partial charge in [-0.05, 0) is 60.0 Å². The van der Waals surface area contributed by atoms with Crippen LogP contribution >= 0.6 is 0 Å². The summed E-state index contributed by atoms with van der Waals surface area (Å²) in [6.07, 6.45) is 0. The molecule has 0 saturated heterocycles. The van der Waals surface area contributed by atoms with Gasteiger partial charge in [-0.3, -0.25) is 0 Å². The Bertz CT molecular complexity index is 921. The van der Waals surface area contributed by atoms with Crippen molar-refractivity contribution in [2.45, 2.75) is 12.3 Å². The fourth-order valence-corrected chi connectivity index (χ4v) is 3.06. The number of rotatable bonds is 3. The molecule has 0 unspecified atom stereocenters. The van der Waals surface area contributed by atoms with Gasteiger partial charge in [-0.1, -0.05) is 0 Å². The van der Waals surface area contributed by atoms with E-state index in [4.69, 9.17) is 0 Å². The lowest BCUT2D eigenvalue weighted by Gasteiger charge is -2.32. The minimum atomic E-state index is -1.97. The highest BCUT2D eigenvalue weighted by Gasteiger charge is 2.36. The first-order chi connectivity index (χ1) is 13.5. The van der Waals surface area contributed by atoms with Crippen LogP contribution in [0.15, 0.2) is 36.4 Å². The summed E-state index contributed by atoms with van der Waals surface area (Å²) in [5, 5.41) is 28.0. The second-order valence-electron chi connectivity index (χ2n) is 6.49. The Morgan fingerprint density at radius 1 is 0.483 bits per heavy atom. The Hall–Kier alpha value is -3.36. The van der Waals surface area contributed by atoms with Crippen molar-refractivity contribution in [2.24, 2.45) is 0 Å². The number of phenols is 3. The largest absolute Gasteiger partial charge is 0.503 e. The van der Waals surface area contributed by atoms with Crippen molar-refractivity contribution in [3.63, 3.8) is 0 Å². The zero-order valence-corrected chi connectivity index (χ0v) is 14.6. The van der Waals surface area contributed by atoms with Crippen molar-refractivity contribution in [3.05, 3.63) is 88.0 Å². The van der Waals surface area contributed by atoms with E-state index in [1.165, 1.54) is 0 Å². The molecule has 9 heteroatoms. The standard InChI is InChI=1S/C20H12F6O3/c1-20(8-2-11(21)17(27)12(22)3-8,9-4-13(23)18(28)14(24)5-9)10-6-15(25)19(29)16(26)7-10/h2-7,27-29H,1H3. The molecule has 0 bridgehead atoms. The van der Waals surface area contributed by atoms with E-state index in [1.54, 1.807) is 0 Å². The quantitative estimate of drug-likeness (QED) is 0.418. The van der Waals surface area contributed by atoms with Crippen LogP contribution in [0.5, 0.6) is 17.2 Å². The van der Waals surface area contributed by atoms with E-state index in [9.17, 15) is 41.7 Å². The van der Waals surface area contributed by atoms with E-state index in [0.29, 0.717) is 36.4 Å². The molecular weight excluding hydrogens is 402 g/mol. The first-order valence-electron chi connectivity index (χ1n) is 8.02. The summed E-state index contributed by atoms with van der Waals surface area (Å²) < 4.78 is 83.9. The maximum Gasteiger partial charge on any atom is 0.187 e. The predicted molar refractivity (Wildman–Crippen MR) is 89.6 cm³/mol. The van der Waals surface area contributed by atoms with E-state index in [0.717, 1.165) is 6.92 Å². The maximum atomic E-state index is 14.0. The molecule has 0 saturated carbocycles. The highest BCUT2D eigenvalue weighted by molar-refractivity contribution is 5.53. The van der Waals surface area contributed by atoms with E-state index in [2.05, 4.69) is 0 Å². The molecule has 0 spiro atoms. The van der Waals surface area contributed by atoms with Gasteiger partial charge in [0.25, 0.3) is 0 Å². The lowest BCUT2D eigenvalue weighted by atomic mass is 9.70. The van der Waals surface area contributed by atoms with Crippen molar-refractivity contribution in [3.8, 4) is 17.2 Å². The van der Waals surface area contributed by atoms with Crippen molar-refractivity contribution in [1.29, 1.82) is 0 Å². The first kappa shape index (κ1) is 20.4. The number of aromatic hydroxyl groups is 3. The normalized spacial score (nSPS) is 11.7. The van der Waals surface area contributed by atoms with E-state index >= 15 is 0 Å². The van der Waals surface area contributed by atoms with Crippen LogP contribution in [0.4, 0.5) is 26.3 Å². The predicted octanol–water partition coefficient (Wildman–Crippen LogP) is 4.99. The Labute approximate surface area is 160 Å². The molecule has 0 aliphatic heterocycles. The fraction of sp³-hybridized carbons (Fsp3) is 0.100. The third-order valence-corrected chi connectivity index (χ3v) is 4.78. The number of hydrogen-bond donors (Lipinski definition) is 3. The van der Waals surface area contributed by atoms with Crippen molar-refractivity contribution in [2.75, 3.05) is 0 Å². The molecule has 0 aromatic heterocycles. The summed E-state index contributed by atoms with van der Waals surface area (Å²) in [6.45, 7) is 1.16. The average molecular weight is 414 g/mol. The highest BCUT2D eigenvalue weighted by atomic mass is 19.2. The van der Waals surface area contributed by atoms with Crippen molar-refractivity contribution >= 4 is 0 Å². The highest BCUT2D eigenvalue weighted by Crippen LogP contribution is 2.43. The minimum absolute atomic E-state index is 0.362. The Balaban J connectivity index is 2.42. The molecular formula is C20H12F6O3. The maximum absolute atomic E-state index is 14.0. The van der Waals surface area contributed by atoms with Crippen LogP contribution in [0.25, 0.3) is 0 Å². The zero-order valence-electron chi connectivity index (χ0n) is 14.6. The van der Waals surface area contributed by atoms with Gasteiger partial charge in [-0.15, -0.1) is 0 Å². The van der Waals surface area contributed by atoms with Gasteiger partial charge in [0, 0.05) is 5.41 Å². The van der Waals surface area contributed by atoms with Crippen LogP contribution in [-0.2, 0) is 5.41 Å². The molecule has 0 amide bonds. The molecule has 0 heterocycles. The zero-order chi connectivity index (χ0) is 21.7. The minimum Gasteiger partial charge on any atom is -0.503 e. The third kappa shape index (κ3) is 3.22.